The van der Waals surface area contributed by atoms with Gasteiger partial charge in [0.05, 0.1) is 29.8 Å². The van der Waals surface area contributed by atoms with Crippen LogP contribution < -0.4 is 20.7 Å². The summed E-state index contributed by atoms with van der Waals surface area (Å²) in [5.74, 6) is 7.23. The highest BCUT2D eigenvalue weighted by atomic mass is 32.2. The zero-order chi connectivity index (χ0) is 30.7. The second-order valence-corrected chi connectivity index (χ2v) is 11.0. The van der Waals surface area contributed by atoms with Crippen molar-refractivity contribution in [1.29, 1.82) is 0 Å². The third-order valence-electron chi connectivity index (χ3n) is 6.93. The molecule has 2 atom stereocenters. The summed E-state index contributed by atoms with van der Waals surface area (Å²) in [6.07, 6.45) is 9.00. The van der Waals surface area contributed by atoms with Gasteiger partial charge in [-0.15, -0.1) is 11.8 Å². The highest BCUT2D eigenvalue weighted by Gasteiger charge is 2.31. The van der Waals surface area contributed by atoms with Crippen LogP contribution in [0.5, 0.6) is 5.75 Å². The van der Waals surface area contributed by atoms with Crippen LogP contribution in [0.25, 0.3) is 5.57 Å². The molecule has 0 radical (unpaired) electrons. The minimum absolute atomic E-state index is 0.144. The monoisotopic (exact) mass is 595 g/mol. The maximum atomic E-state index is 13.7. The average Bonchev–Trinajstić information content (AvgIpc) is 2.97. The maximum Gasteiger partial charge on any atom is 0.413 e. The molecule has 0 spiro atoms. The highest BCUT2D eigenvalue weighted by molar-refractivity contribution is 7.99. The lowest BCUT2D eigenvalue weighted by atomic mass is 9.98. The van der Waals surface area contributed by atoms with E-state index in [-0.39, 0.29) is 17.8 Å². The number of hydrogen-bond acceptors (Lipinski definition) is 5. The minimum Gasteiger partial charge on any atom is -0.497 e. The molecule has 1 aliphatic carbocycles. The fraction of sp³-hybridized carbons (Fsp3) is 0.353. The van der Waals surface area contributed by atoms with Crippen molar-refractivity contribution in [1.82, 2.24) is 0 Å². The Morgan fingerprint density at radius 3 is 2.69 bits per heavy atom. The summed E-state index contributed by atoms with van der Waals surface area (Å²) in [5, 5.41) is 3.69. The minimum atomic E-state index is -4.46. The summed E-state index contributed by atoms with van der Waals surface area (Å²) in [6.45, 7) is 5.21. The number of anilines is 2. The molecule has 4 nitrogen and oxygen atoms in total. The SMILES string of the molecule is CCC/C=C(\C)N(/C=C(\C)C(F)(F)F)c1ccc(/C2=C/C=C\C(SC)C#CC2)cc1NC(CN)c1cccc(OC)c1. The van der Waals surface area contributed by atoms with Crippen LogP contribution in [0.4, 0.5) is 24.5 Å². The number of ether oxygens (including phenoxy) is 1. The van der Waals surface area contributed by atoms with Crippen LogP contribution in [0.1, 0.15) is 57.2 Å². The van der Waals surface area contributed by atoms with Crippen molar-refractivity contribution in [2.24, 2.45) is 5.73 Å². The van der Waals surface area contributed by atoms with Gasteiger partial charge in [-0.05, 0) is 67.5 Å². The van der Waals surface area contributed by atoms with E-state index in [1.807, 2.05) is 74.7 Å². The third kappa shape index (κ3) is 8.98. The summed E-state index contributed by atoms with van der Waals surface area (Å²) >= 11 is 1.68. The van der Waals surface area contributed by atoms with Crippen molar-refractivity contribution in [3.05, 3.63) is 95.4 Å². The first kappa shape index (κ1) is 33.0. The Bertz CT molecular complexity index is 1400. The topological polar surface area (TPSA) is 50.5 Å². The Kier molecular flexibility index (Phi) is 12.3. The van der Waals surface area contributed by atoms with E-state index >= 15 is 0 Å². The molecule has 1 aliphatic rings. The molecule has 0 fully saturated rings. The fourth-order valence-corrected chi connectivity index (χ4v) is 4.88. The van der Waals surface area contributed by atoms with Gasteiger partial charge in [0.2, 0.25) is 0 Å². The van der Waals surface area contributed by atoms with E-state index in [9.17, 15) is 13.2 Å². The lowest BCUT2D eigenvalue weighted by Crippen LogP contribution is -2.24. The number of benzene rings is 2. The van der Waals surface area contributed by atoms with Crippen LogP contribution in [0.2, 0.25) is 0 Å². The molecule has 2 unspecified atom stereocenters. The Hall–Kier alpha value is -3.54. The predicted molar refractivity (Wildman–Crippen MR) is 173 cm³/mol. The molecular formula is C34H40F3N3OS. The van der Waals surface area contributed by atoms with Crippen LogP contribution in [-0.4, -0.2) is 31.3 Å². The Labute approximate surface area is 252 Å². The average molecular weight is 596 g/mol. The molecule has 224 valence electrons. The van der Waals surface area contributed by atoms with Crippen molar-refractivity contribution in [2.75, 3.05) is 30.1 Å². The molecule has 0 saturated heterocycles. The fourth-order valence-electron chi connectivity index (χ4n) is 4.43. The zero-order valence-electron chi connectivity index (χ0n) is 24.9. The first-order chi connectivity index (χ1) is 20.1. The van der Waals surface area contributed by atoms with Gasteiger partial charge in [0.1, 0.15) is 5.75 Å². The van der Waals surface area contributed by atoms with Crippen molar-refractivity contribution in [3.8, 4) is 17.6 Å². The van der Waals surface area contributed by atoms with Gasteiger partial charge in [-0.1, -0.05) is 67.7 Å². The van der Waals surface area contributed by atoms with Gasteiger partial charge in [0.25, 0.3) is 0 Å². The largest absolute Gasteiger partial charge is 0.497 e. The van der Waals surface area contributed by atoms with Gasteiger partial charge in [-0.3, -0.25) is 0 Å². The molecule has 0 saturated carbocycles. The van der Waals surface area contributed by atoms with E-state index in [1.165, 1.54) is 0 Å². The molecule has 2 aromatic rings. The summed E-state index contributed by atoms with van der Waals surface area (Å²) in [7, 11) is 1.60. The Morgan fingerprint density at radius 1 is 1.24 bits per heavy atom. The Morgan fingerprint density at radius 2 is 2.02 bits per heavy atom. The van der Waals surface area contributed by atoms with Crippen molar-refractivity contribution in [3.63, 3.8) is 0 Å². The quantitative estimate of drug-likeness (QED) is 0.240. The van der Waals surface area contributed by atoms with Crippen LogP contribution in [-0.2, 0) is 0 Å². The number of thioether (sulfide) groups is 1. The van der Waals surface area contributed by atoms with E-state index in [4.69, 9.17) is 10.5 Å². The standard InChI is InChI=1S/C34H40F3N3OS/c1-6-7-11-25(3)40(23-24(2)34(35,36)37)33-19-18-27(26-12-9-16-30(42-5)17-10-13-26)21-31(33)39-32(22-38)28-14-8-15-29(20-28)41-4/h8-9,11-12,14-16,18-21,23,30,32,39H,6-7,13,22,38H2,1-5H3/b16-9-,24-23+,25-11+,26-12+. The molecule has 0 aromatic heterocycles. The number of halogens is 3. The number of hydrogen-bond donors (Lipinski definition) is 2. The van der Waals surface area contributed by atoms with Gasteiger partial charge < -0.3 is 20.7 Å². The molecule has 3 rings (SSSR count). The lowest BCUT2D eigenvalue weighted by molar-refractivity contribution is -0.0915. The molecule has 42 heavy (non-hydrogen) atoms. The molecule has 8 heteroatoms. The summed E-state index contributed by atoms with van der Waals surface area (Å²) in [6, 6.07) is 13.1. The highest BCUT2D eigenvalue weighted by Crippen LogP contribution is 2.37. The summed E-state index contributed by atoms with van der Waals surface area (Å²) in [5.41, 5.74) is 10.3. The molecular weight excluding hydrogens is 555 g/mol. The molecule has 0 bridgehead atoms. The normalized spacial score (nSPS) is 18.5. The predicted octanol–water partition coefficient (Wildman–Crippen LogP) is 8.86. The number of alkyl halides is 3. The van der Waals surface area contributed by atoms with Gasteiger partial charge in [-0.25, -0.2) is 0 Å². The van der Waals surface area contributed by atoms with E-state index in [0.717, 1.165) is 42.7 Å². The second kappa shape index (κ2) is 15.6. The first-order valence-electron chi connectivity index (χ1n) is 14.0. The number of nitrogens with zero attached hydrogens (tertiary/aromatic N) is 1. The van der Waals surface area contributed by atoms with Crippen LogP contribution in [0.15, 0.2) is 84.2 Å². The molecule has 0 heterocycles. The zero-order valence-corrected chi connectivity index (χ0v) is 25.7. The molecule has 3 N–H and O–H groups in total. The summed E-state index contributed by atoms with van der Waals surface area (Å²) < 4.78 is 46.6. The number of rotatable bonds is 12. The maximum absolute atomic E-state index is 13.7. The van der Waals surface area contributed by atoms with Crippen molar-refractivity contribution >= 4 is 28.7 Å². The van der Waals surface area contributed by atoms with Crippen molar-refractivity contribution < 1.29 is 17.9 Å². The van der Waals surface area contributed by atoms with Gasteiger partial charge in [0.15, 0.2) is 0 Å². The van der Waals surface area contributed by atoms with E-state index in [2.05, 4.69) is 29.3 Å². The molecule has 0 aliphatic heterocycles. The van der Waals surface area contributed by atoms with Crippen LogP contribution in [0, 0.1) is 11.8 Å². The van der Waals surface area contributed by atoms with Gasteiger partial charge >= 0.3 is 6.18 Å². The third-order valence-corrected chi connectivity index (χ3v) is 7.71. The van der Waals surface area contributed by atoms with E-state index in [0.29, 0.717) is 29.2 Å². The number of nitrogens with two attached hydrogens (primary N) is 1. The molecule has 2 aromatic carbocycles. The van der Waals surface area contributed by atoms with Gasteiger partial charge in [0, 0.05) is 30.4 Å². The number of nitrogens with one attached hydrogen (secondary N) is 1. The number of methoxy groups -OCH3 is 1. The van der Waals surface area contributed by atoms with Gasteiger partial charge in [-0.2, -0.15) is 13.2 Å². The van der Waals surface area contributed by atoms with Crippen LogP contribution in [0.3, 0.4) is 0 Å². The second-order valence-electron chi connectivity index (χ2n) is 9.99. The lowest BCUT2D eigenvalue weighted by Gasteiger charge is -2.29. The van der Waals surface area contributed by atoms with Crippen molar-refractivity contribution in [2.45, 2.75) is 57.5 Å². The number of allylic oxidation sites excluding steroid dienone is 6. The smallest absolute Gasteiger partial charge is 0.413 e. The van der Waals surface area contributed by atoms with E-state index in [1.54, 1.807) is 23.8 Å². The van der Waals surface area contributed by atoms with E-state index < -0.39 is 11.7 Å². The molecule has 0 amide bonds. The number of unbranched alkanes of at least 4 members (excludes halogenated alkanes) is 1. The first-order valence-corrected chi connectivity index (χ1v) is 15.2. The summed E-state index contributed by atoms with van der Waals surface area (Å²) in [4.78, 5) is 1.61. The van der Waals surface area contributed by atoms with Crippen LogP contribution >= 0.6 is 11.8 Å². The Balaban J connectivity index is 2.19.